The molecule has 3 aliphatic rings. The van der Waals surface area contributed by atoms with Gasteiger partial charge in [0, 0.05) is 42.7 Å². The second-order valence-electron chi connectivity index (χ2n) is 8.94. The normalized spacial score (nSPS) is 18.3. The molecule has 2 aromatic carbocycles. The zero-order valence-corrected chi connectivity index (χ0v) is 21.7. The second-order valence-corrected chi connectivity index (χ2v) is 10.1. The minimum atomic E-state index is -0.451. The van der Waals surface area contributed by atoms with Gasteiger partial charge >= 0.3 is 0 Å². The Morgan fingerprint density at radius 2 is 1.57 bits per heavy atom. The van der Waals surface area contributed by atoms with Gasteiger partial charge in [-0.3, -0.25) is 9.59 Å². The first kappa shape index (κ1) is 24.0. The molecule has 5 nitrogen and oxygen atoms in total. The summed E-state index contributed by atoms with van der Waals surface area (Å²) < 4.78 is 32.3. The van der Waals surface area contributed by atoms with E-state index in [1.54, 1.807) is 12.1 Å². The Morgan fingerprint density at radius 3 is 2.17 bits per heavy atom. The van der Waals surface area contributed by atoms with Gasteiger partial charge in [0.25, 0.3) is 0 Å². The molecule has 0 aromatic heterocycles. The topological polar surface area (TPSA) is 61.8 Å². The smallest absolute Gasteiger partial charge is 0.174 e. The maximum atomic E-state index is 13.3. The lowest BCUT2D eigenvalue weighted by molar-refractivity contribution is -0.117. The van der Waals surface area contributed by atoms with E-state index in [2.05, 4.69) is 22.6 Å². The number of halogens is 2. The van der Waals surface area contributed by atoms with Crippen LogP contribution in [0.4, 0.5) is 4.39 Å². The summed E-state index contributed by atoms with van der Waals surface area (Å²) >= 11 is 2.20. The van der Waals surface area contributed by atoms with E-state index in [9.17, 15) is 14.0 Å². The molecule has 0 spiro atoms. The molecule has 0 radical (unpaired) electrons. The van der Waals surface area contributed by atoms with Crippen LogP contribution in [0.3, 0.4) is 0 Å². The SMILES string of the molecule is CCOc1cc(C2C3=C(CCCC3=O)OC3=C2C(=O)CCC3)cc(I)c1OCc1ccc(F)cc1. The Balaban J connectivity index is 1.56. The van der Waals surface area contributed by atoms with E-state index >= 15 is 0 Å². The number of ether oxygens (including phenoxy) is 3. The average Bonchev–Trinajstić information content (AvgIpc) is 2.84. The first-order valence-electron chi connectivity index (χ1n) is 12.0. The van der Waals surface area contributed by atoms with Gasteiger partial charge < -0.3 is 14.2 Å². The highest BCUT2D eigenvalue weighted by atomic mass is 127. The Hall–Kier alpha value is -2.68. The molecule has 0 bridgehead atoms. The van der Waals surface area contributed by atoms with Crippen molar-refractivity contribution in [1.82, 2.24) is 0 Å². The van der Waals surface area contributed by atoms with Crippen LogP contribution in [0.15, 0.2) is 59.1 Å². The maximum Gasteiger partial charge on any atom is 0.174 e. The van der Waals surface area contributed by atoms with E-state index in [0.29, 0.717) is 66.5 Å². The van der Waals surface area contributed by atoms with Gasteiger partial charge in [-0.25, -0.2) is 4.39 Å². The minimum absolute atomic E-state index is 0.0470. The van der Waals surface area contributed by atoms with E-state index in [0.717, 1.165) is 27.5 Å². The van der Waals surface area contributed by atoms with E-state index in [1.807, 2.05) is 19.1 Å². The van der Waals surface area contributed by atoms with Crippen LogP contribution in [0.25, 0.3) is 0 Å². The van der Waals surface area contributed by atoms with Crippen LogP contribution in [-0.2, 0) is 20.9 Å². The number of ketones is 2. The van der Waals surface area contributed by atoms with Gasteiger partial charge in [-0.1, -0.05) is 12.1 Å². The molecule has 182 valence electrons. The molecular formula is C28H26FIO5. The molecule has 0 saturated carbocycles. The quantitative estimate of drug-likeness (QED) is 0.359. The molecule has 0 saturated heterocycles. The summed E-state index contributed by atoms with van der Waals surface area (Å²) in [7, 11) is 0. The zero-order chi connectivity index (χ0) is 24.5. The van der Waals surface area contributed by atoms with Crippen LogP contribution >= 0.6 is 22.6 Å². The molecule has 0 unspecified atom stereocenters. The highest BCUT2D eigenvalue weighted by Crippen LogP contribution is 2.49. The van der Waals surface area contributed by atoms with Crippen molar-refractivity contribution in [2.24, 2.45) is 0 Å². The predicted octanol–water partition coefficient (Wildman–Crippen LogP) is 6.54. The molecule has 5 rings (SSSR count). The van der Waals surface area contributed by atoms with Crippen molar-refractivity contribution in [2.45, 2.75) is 58.0 Å². The van der Waals surface area contributed by atoms with Crippen LogP contribution < -0.4 is 9.47 Å². The first-order valence-corrected chi connectivity index (χ1v) is 13.1. The number of allylic oxidation sites excluding steroid dienone is 4. The van der Waals surface area contributed by atoms with Crippen LogP contribution in [0.2, 0.25) is 0 Å². The average molecular weight is 588 g/mol. The van der Waals surface area contributed by atoms with Crippen molar-refractivity contribution in [3.63, 3.8) is 0 Å². The van der Waals surface area contributed by atoms with Crippen LogP contribution in [0, 0.1) is 9.39 Å². The van der Waals surface area contributed by atoms with Gasteiger partial charge in [-0.2, -0.15) is 0 Å². The lowest BCUT2D eigenvalue weighted by Crippen LogP contribution is -2.30. The van der Waals surface area contributed by atoms with Crippen LogP contribution in [0.1, 0.15) is 62.5 Å². The molecule has 2 aliphatic carbocycles. The Kier molecular flexibility index (Phi) is 6.95. The van der Waals surface area contributed by atoms with E-state index in [1.165, 1.54) is 12.1 Å². The standard InChI is InChI=1S/C28H26FIO5/c1-2-33-24-14-17(13-19(30)28(24)34-15-16-9-11-18(29)12-10-16)25-26-20(31)5-3-7-22(26)35-23-8-4-6-21(32)27(23)25/h9-14,25H,2-8,15H2,1H3. The van der Waals surface area contributed by atoms with Crippen molar-refractivity contribution in [2.75, 3.05) is 6.61 Å². The number of hydrogen-bond donors (Lipinski definition) is 0. The maximum absolute atomic E-state index is 13.3. The summed E-state index contributed by atoms with van der Waals surface area (Å²) in [5.41, 5.74) is 2.90. The van der Waals surface area contributed by atoms with Crippen LogP contribution in [0.5, 0.6) is 11.5 Å². The Bertz CT molecular complexity index is 1200. The summed E-state index contributed by atoms with van der Waals surface area (Å²) in [5.74, 6) is 1.91. The zero-order valence-electron chi connectivity index (χ0n) is 19.5. The Morgan fingerprint density at radius 1 is 0.943 bits per heavy atom. The summed E-state index contributed by atoms with van der Waals surface area (Å²) in [5, 5.41) is 0. The predicted molar refractivity (Wildman–Crippen MR) is 137 cm³/mol. The van der Waals surface area contributed by atoms with Crippen molar-refractivity contribution >= 4 is 34.2 Å². The molecule has 0 amide bonds. The number of hydrogen-bond acceptors (Lipinski definition) is 5. The fourth-order valence-electron chi connectivity index (χ4n) is 5.04. The van der Waals surface area contributed by atoms with Gasteiger partial charge in [0.15, 0.2) is 23.1 Å². The van der Waals surface area contributed by atoms with Crippen molar-refractivity contribution in [3.05, 3.63) is 79.6 Å². The molecule has 0 fully saturated rings. The fraction of sp³-hybridized carbons (Fsp3) is 0.357. The van der Waals surface area contributed by atoms with Gasteiger partial charge in [-0.15, -0.1) is 0 Å². The van der Waals surface area contributed by atoms with Gasteiger partial charge in [0.2, 0.25) is 0 Å². The van der Waals surface area contributed by atoms with E-state index < -0.39 is 5.92 Å². The largest absolute Gasteiger partial charge is 0.490 e. The van der Waals surface area contributed by atoms with Crippen molar-refractivity contribution in [3.8, 4) is 11.5 Å². The summed E-state index contributed by atoms with van der Waals surface area (Å²) in [4.78, 5) is 26.2. The lowest BCUT2D eigenvalue weighted by Gasteiger charge is -2.36. The van der Waals surface area contributed by atoms with Gasteiger partial charge in [-0.05, 0) is 77.7 Å². The number of carbonyl (C=O) groups is 2. The summed E-state index contributed by atoms with van der Waals surface area (Å²) in [6.07, 6.45) is 3.86. The third kappa shape index (κ3) is 4.75. The number of carbonyl (C=O) groups excluding carboxylic acids is 2. The molecule has 2 aromatic rings. The Labute approximate surface area is 217 Å². The van der Waals surface area contributed by atoms with Gasteiger partial charge in [0.05, 0.1) is 10.2 Å². The van der Waals surface area contributed by atoms with Gasteiger partial charge in [0.1, 0.15) is 23.9 Å². The molecule has 0 N–H and O–H groups in total. The summed E-state index contributed by atoms with van der Waals surface area (Å²) in [6.45, 7) is 2.59. The highest BCUT2D eigenvalue weighted by Gasteiger charge is 2.42. The third-order valence-electron chi connectivity index (χ3n) is 6.60. The summed E-state index contributed by atoms with van der Waals surface area (Å²) in [6, 6.07) is 10.0. The number of rotatable bonds is 6. The molecule has 35 heavy (non-hydrogen) atoms. The second kappa shape index (κ2) is 10.1. The first-order chi connectivity index (χ1) is 17.0. The molecule has 0 atom stereocenters. The molecular weight excluding hydrogens is 562 g/mol. The third-order valence-corrected chi connectivity index (χ3v) is 7.40. The molecule has 1 aliphatic heterocycles. The molecule has 1 heterocycles. The van der Waals surface area contributed by atoms with Crippen LogP contribution in [-0.4, -0.2) is 18.2 Å². The van der Waals surface area contributed by atoms with E-state index in [4.69, 9.17) is 14.2 Å². The number of Topliss-reactive ketones (excluding diaryl/α,β-unsaturated/α-hetero) is 2. The lowest BCUT2D eigenvalue weighted by atomic mass is 9.73. The van der Waals surface area contributed by atoms with Crippen molar-refractivity contribution < 1.29 is 28.2 Å². The fourth-order valence-corrected chi connectivity index (χ4v) is 5.83. The number of benzene rings is 2. The minimum Gasteiger partial charge on any atom is -0.490 e. The molecule has 7 heteroatoms. The van der Waals surface area contributed by atoms with E-state index in [-0.39, 0.29) is 24.0 Å². The monoisotopic (exact) mass is 588 g/mol. The highest BCUT2D eigenvalue weighted by molar-refractivity contribution is 14.1. The van der Waals surface area contributed by atoms with Crippen molar-refractivity contribution in [1.29, 1.82) is 0 Å².